The van der Waals surface area contributed by atoms with Gasteiger partial charge in [0.05, 0.1) is 10.7 Å². The molecule has 0 radical (unpaired) electrons. The summed E-state index contributed by atoms with van der Waals surface area (Å²) in [7, 11) is 0. The molecule has 0 bridgehead atoms. The molecule has 1 aromatic carbocycles. The predicted octanol–water partition coefficient (Wildman–Crippen LogP) is 3.49. The fraction of sp³-hybridized carbons (Fsp3) is 0.353. The summed E-state index contributed by atoms with van der Waals surface area (Å²) < 4.78 is 0. The Labute approximate surface area is 139 Å². The lowest BCUT2D eigenvalue weighted by atomic mass is 9.97. The predicted molar refractivity (Wildman–Crippen MR) is 90.7 cm³/mol. The molecule has 6 heteroatoms. The number of aryl methyl sites for hydroxylation is 1. The van der Waals surface area contributed by atoms with Gasteiger partial charge >= 0.3 is 5.97 Å². The van der Waals surface area contributed by atoms with E-state index in [9.17, 15) is 9.59 Å². The van der Waals surface area contributed by atoms with Gasteiger partial charge < -0.3 is 10.4 Å². The lowest BCUT2D eigenvalue weighted by Gasteiger charge is -2.25. The molecule has 2 aromatic rings. The van der Waals surface area contributed by atoms with Crippen LogP contribution in [0.3, 0.4) is 0 Å². The summed E-state index contributed by atoms with van der Waals surface area (Å²) in [5.74, 6) is -1.08. The minimum atomic E-state index is -0.867. The molecule has 0 unspecified atom stereocenters. The fourth-order valence-corrected chi connectivity index (χ4v) is 2.80. The minimum Gasteiger partial charge on any atom is -0.481 e. The van der Waals surface area contributed by atoms with E-state index < -0.39 is 11.5 Å². The molecule has 0 aliphatic rings. The maximum atomic E-state index is 12.4. The standard InChI is InChI=1S/C17H20N2O3S/c1-11-18-14(10-23-11)12-5-4-6-13(9-12)16(22)19-17(2,3)8-7-15(20)21/h4-6,9-10H,7-8H2,1-3H3,(H,19,22)(H,20,21). The molecule has 0 saturated carbocycles. The molecule has 23 heavy (non-hydrogen) atoms. The summed E-state index contributed by atoms with van der Waals surface area (Å²) in [6.45, 7) is 5.58. The Balaban J connectivity index is 2.12. The summed E-state index contributed by atoms with van der Waals surface area (Å²) in [4.78, 5) is 27.5. The lowest BCUT2D eigenvalue weighted by molar-refractivity contribution is -0.137. The first-order chi connectivity index (χ1) is 10.8. The Morgan fingerprint density at radius 3 is 2.70 bits per heavy atom. The molecule has 0 saturated heterocycles. The van der Waals surface area contributed by atoms with E-state index in [-0.39, 0.29) is 12.3 Å². The number of amides is 1. The minimum absolute atomic E-state index is 0.0193. The Bertz CT molecular complexity index is 722. The van der Waals surface area contributed by atoms with Gasteiger partial charge in [-0.3, -0.25) is 9.59 Å². The van der Waals surface area contributed by atoms with Crippen LogP contribution in [0.1, 0.15) is 42.1 Å². The highest BCUT2D eigenvalue weighted by atomic mass is 32.1. The van der Waals surface area contributed by atoms with E-state index >= 15 is 0 Å². The van der Waals surface area contributed by atoms with Crippen molar-refractivity contribution in [3.8, 4) is 11.3 Å². The second-order valence-electron chi connectivity index (χ2n) is 6.06. The van der Waals surface area contributed by atoms with Crippen LogP contribution in [0.4, 0.5) is 0 Å². The number of carboxylic acids is 1. The zero-order valence-corrected chi connectivity index (χ0v) is 14.2. The summed E-state index contributed by atoms with van der Waals surface area (Å²) in [6, 6.07) is 7.28. The van der Waals surface area contributed by atoms with Crippen molar-refractivity contribution in [2.24, 2.45) is 0 Å². The van der Waals surface area contributed by atoms with Gasteiger partial charge in [0.15, 0.2) is 0 Å². The molecule has 0 aliphatic carbocycles. The third-order valence-corrected chi connectivity index (χ3v) is 4.23. The average molecular weight is 332 g/mol. The second kappa shape index (κ2) is 6.91. The zero-order chi connectivity index (χ0) is 17.0. The zero-order valence-electron chi connectivity index (χ0n) is 13.4. The Morgan fingerprint density at radius 1 is 1.35 bits per heavy atom. The maximum Gasteiger partial charge on any atom is 0.303 e. The van der Waals surface area contributed by atoms with Gasteiger partial charge in [-0.15, -0.1) is 11.3 Å². The van der Waals surface area contributed by atoms with Crippen molar-refractivity contribution in [3.63, 3.8) is 0 Å². The molecule has 2 N–H and O–H groups in total. The largest absolute Gasteiger partial charge is 0.481 e. The van der Waals surface area contributed by atoms with Crippen molar-refractivity contribution in [3.05, 3.63) is 40.2 Å². The van der Waals surface area contributed by atoms with E-state index in [4.69, 9.17) is 5.11 Å². The summed E-state index contributed by atoms with van der Waals surface area (Å²) >= 11 is 1.57. The molecule has 0 fully saturated rings. The molecule has 1 amide bonds. The fourth-order valence-electron chi connectivity index (χ4n) is 2.18. The molecular weight excluding hydrogens is 312 g/mol. The third kappa shape index (κ3) is 4.89. The number of rotatable bonds is 6. The van der Waals surface area contributed by atoms with Gasteiger partial charge in [0.25, 0.3) is 5.91 Å². The SMILES string of the molecule is Cc1nc(-c2cccc(C(=O)NC(C)(C)CCC(=O)O)c2)cs1. The number of nitrogens with zero attached hydrogens (tertiary/aromatic N) is 1. The van der Waals surface area contributed by atoms with Crippen molar-refractivity contribution in [2.45, 2.75) is 39.2 Å². The van der Waals surface area contributed by atoms with Crippen molar-refractivity contribution >= 4 is 23.2 Å². The van der Waals surface area contributed by atoms with E-state index in [1.165, 1.54) is 0 Å². The lowest BCUT2D eigenvalue weighted by Crippen LogP contribution is -2.43. The number of aliphatic carboxylic acids is 1. The van der Waals surface area contributed by atoms with Crippen LogP contribution >= 0.6 is 11.3 Å². The summed E-state index contributed by atoms with van der Waals surface area (Å²) in [6.07, 6.45) is 0.393. The molecular formula is C17H20N2O3S. The highest BCUT2D eigenvalue weighted by Crippen LogP contribution is 2.23. The monoisotopic (exact) mass is 332 g/mol. The van der Waals surface area contributed by atoms with Crippen LogP contribution in [0.2, 0.25) is 0 Å². The molecule has 5 nitrogen and oxygen atoms in total. The average Bonchev–Trinajstić information content (AvgIpc) is 2.92. The third-order valence-electron chi connectivity index (χ3n) is 3.46. The van der Waals surface area contributed by atoms with Gasteiger partial charge in [-0.25, -0.2) is 4.98 Å². The first kappa shape index (κ1) is 17.1. The Hall–Kier alpha value is -2.21. The summed E-state index contributed by atoms with van der Waals surface area (Å²) in [5, 5.41) is 14.6. The van der Waals surface area contributed by atoms with E-state index in [2.05, 4.69) is 10.3 Å². The van der Waals surface area contributed by atoms with Crippen LogP contribution in [0.15, 0.2) is 29.6 Å². The van der Waals surface area contributed by atoms with Crippen LogP contribution in [0.5, 0.6) is 0 Å². The van der Waals surface area contributed by atoms with Crippen LogP contribution < -0.4 is 5.32 Å². The first-order valence-electron chi connectivity index (χ1n) is 7.34. The van der Waals surface area contributed by atoms with Gasteiger partial charge in [0, 0.05) is 28.5 Å². The van der Waals surface area contributed by atoms with E-state index in [1.54, 1.807) is 23.5 Å². The highest BCUT2D eigenvalue weighted by Gasteiger charge is 2.22. The van der Waals surface area contributed by atoms with Gasteiger partial charge in [-0.2, -0.15) is 0 Å². The van der Waals surface area contributed by atoms with Gasteiger partial charge in [-0.1, -0.05) is 12.1 Å². The molecule has 0 spiro atoms. The quantitative estimate of drug-likeness (QED) is 0.848. The number of carboxylic acid groups (broad SMARTS) is 1. The van der Waals surface area contributed by atoms with Crippen molar-refractivity contribution < 1.29 is 14.7 Å². The number of hydrogen-bond donors (Lipinski definition) is 2. The Kier molecular flexibility index (Phi) is 5.15. The molecule has 0 aliphatic heterocycles. The number of carbonyl (C=O) groups is 2. The number of aromatic nitrogens is 1. The van der Waals surface area contributed by atoms with Crippen LogP contribution in [-0.2, 0) is 4.79 Å². The van der Waals surface area contributed by atoms with Crippen molar-refractivity contribution in [1.82, 2.24) is 10.3 Å². The molecule has 0 atom stereocenters. The number of nitrogens with one attached hydrogen (secondary N) is 1. The van der Waals surface area contributed by atoms with Crippen molar-refractivity contribution in [1.29, 1.82) is 0 Å². The molecule has 1 heterocycles. The van der Waals surface area contributed by atoms with E-state index in [1.807, 2.05) is 38.3 Å². The maximum absolute atomic E-state index is 12.4. The van der Waals surface area contributed by atoms with Gasteiger partial charge in [0.2, 0.25) is 0 Å². The number of thiazole rings is 1. The Morgan fingerprint density at radius 2 is 2.09 bits per heavy atom. The summed E-state index contributed by atoms with van der Waals surface area (Å²) in [5.41, 5.74) is 1.71. The van der Waals surface area contributed by atoms with Gasteiger partial charge in [-0.05, 0) is 39.3 Å². The normalized spacial score (nSPS) is 11.3. The van der Waals surface area contributed by atoms with Crippen LogP contribution in [-0.4, -0.2) is 27.5 Å². The van der Waals surface area contributed by atoms with Gasteiger partial charge in [0.1, 0.15) is 0 Å². The molecule has 2 rings (SSSR count). The highest BCUT2D eigenvalue weighted by molar-refractivity contribution is 7.09. The van der Waals surface area contributed by atoms with Crippen LogP contribution in [0.25, 0.3) is 11.3 Å². The van der Waals surface area contributed by atoms with Crippen LogP contribution in [0, 0.1) is 6.92 Å². The molecule has 1 aromatic heterocycles. The van der Waals surface area contributed by atoms with E-state index in [0.29, 0.717) is 12.0 Å². The van der Waals surface area contributed by atoms with E-state index in [0.717, 1.165) is 16.3 Å². The van der Waals surface area contributed by atoms with Crippen molar-refractivity contribution in [2.75, 3.05) is 0 Å². The number of carbonyl (C=O) groups excluding carboxylic acids is 1. The smallest absolute Gasteiger partial charge is 0.303 e. The first-order valence-corrected chi connectivity index (χ1v) is 8.22. The second-order valence-corrected chi connectivity index (χ2v) is 7.13. The topological polar surface area (TPSA) is 79.3 Å². The number of benzene rings is 1. The number of hydrogen-bond acceptors (Lipinski definition) is 4. The molecule has 122 valence electrons.